The number of halogens is 5. The second-order valence-corrected chi connectivity index (χ2v) is 4.30. The van der Waals surface area contributed by atoms with Crippen LogP contribution in [0.4, 0.5) is 22.0 Å². The number of aromatic nitrogens is 1. The average molecular weight is 266 g/mol. The van der Waals surface area contributed by atoms with E-state index < -0.39 is 30.2 Å². The molecule has 1 fully saturated rings. The van der Waals surface area contributed by atoms with Crippen molar-refractivity contribution in [1.29, 1.82) is 0 Å². The van der Waals surface area contributed by atoms with E-state index in [-0.39, 0.29) is 12.8 Å². The maximum Gasteiger partial charge on any atom is 0.417 e. The molecule has 0 radical (unpaired) electrons. The van der Waals surface area contributed by atoms with Crippen LogP contribution in [-0.2, 0) is 6.18 Å². The third-order valence-electron chi connectivity index (χ3n) is 2.88. The molecule has 1 atom stereocenters. The largest absolute Gasteiger partial charge is 0.417 e. The van der Waals surface area contributed by atoms with E-state index in [4.69, 9.17) is 0 Å². The Bertz CT molecular complexity index is 402. The highest BCUT2D eigenvalue weighted by atomic mass is 19.4. The Balaban J connectivity index is 2.07. The van der Waals surface area contributed by atoms with Gasteiger partial charge in [0.25, 0.3) is 5.92 Å². The number of alkyl halides is 5. The lowest BCUT2D eigenvalue weighted by Crippen LogP contribution is -2.41. The van der Waals surface area contributed by atoms with Crippen LogP contribution >= 0.6 is 0 Å². The Morgan fingerprint density at radius 3 is 2.44 bits per heavy atom. The molecule has 0 amide bonds. The van der Waals surface area contributed by atoms with Crippen LogP contribution < -0.4 is 5.32 Å². The molecule has 100 valence electrons. The standard InChI is InChI=1S/C11H11F5N2/c12-10(13)4-3-9(18-6-10)8-2-1-7(5-17-8)11(14,15)16/h1-2,5,9,18H,3-4,6H2. The number of nitrogens with zero attached hydrogens (tertiary/aromatic N) is 1. The summed E-state index contributed by atoms with van der Waals surface area (Å²) in [5.74, 6) is -2.75. The first-order chi connectivity index (χ1) is 8.28. The van der Waals surface area contributed by atoms with Gasteiger partial charge < -0.3 is 5.32 Å². The average Bonchev–Trinajstić information content (AvgIpc) is 2.28. The zero-order valence-electron chi connectivity index (χ0n) is 9.27. The van der Waals surface area contributed by atoms with Crippen molar-refractivity contribution in [2.24, 2.45) is 0 Å². The maximum absolute atomic E-state index is 12.9. The van der Waals surface area contributed by atoms with Crippen molar-refractivity contribution < 1.29 is 22.0 Å². The third-order valence-corrected chi connectivity index (χ3v) is 2.88. The van der Waals surface area contributed by atoms with Crippen molar-refractivity contribution in [2.45, 2.75) is 31.0 Å². The zero-order chi connectivity index (χ0) is 13.4. The van der Waals surface area contributed by atoms with Crippen LogP contribution in [0, 0.1) is 0 Å². The molecule has 2 rings (SSSR count). The van der Waals surface area contributed by atoms with Crippen LogP contribution in [0.3, 0.4) is 0 Å². The predicted octanol–water partition coefficient (Wildman–Crippen LogP) is 3.16. The predicted molar refractivity (Wildman–Crippen MR) is 54.2 cm³/mol. The van der Waals surface area contributed by atoms with Crippen LogP contribution in [0.15, 0.2) is 18.3 Å². The summed E-state index contributed by atoms with van der Waals surface area (Å²) >= 11 is 0. The summed E-state index contributed by atoms with van der Waals surface area (Å²) < 4.78 is 62.7. The summed E-state index contributed by atoms with van der Waals surface area (Å²) in [6.07, 6.45) is -3.83. The molecule has 0 bridgehead atoms. The molecule has 0 aromatic carbocycles. The zero-order valence-corrected chi connectivity index (χ0v) is 9.27. The molecule has 2 heterocycles. The SMILES string of the molecule is FC1(F)CCC(c2ccc(C(F)(F)F)cn2)NC1. The lowest BCUT2D eigenvalue weighted by molar-refractivity contribution is -0.137. The van der Waals surface area contributed by atoms with Crippen LogP contribution in [0.25, 0.3) is 0 Å². The summed E-state index contributed by atoms with van der Waals surface area (Å²) in [6, 6.07) is 1.73. The highest BCUT2D eigenvalue weighted by molar-refractivity contribution is 5.19. The highest BCUT2D eigenvalue weighted by Gasteiger charge is 2.36. The van der Waals surface area contributed by atoms with E-state index in [1.807, 2.05) is 0 Å². The minimum absolute atomic E-state index is 0.158. The van der Waals surface area contributed by atoms with Crippen LogP contribution in [0.5, 0.6) is 0 Å². The molecule has 1 aromatic heterocycles. The topological polar surface area (TPSA) is 24.9 Å². The van der Waals surface area contributed by atoms with E-state index >= 15 is 0 Å². The molecule has 1 aliphatic heterocycles. The van der Waals surface area contributed by atoms with Gasteiger partial charge in [-0.3, -0.25) is 4.98 Å². The fourth-order valence-electron chi connectivity index (χ4n) is 1.85. The van der Waals surface area contributed by atoms with Gasteiger partial charge in [0, 0.05) is 18.7 Å². The number of hydrogen-bond acceptors (Lipinski definition) is 2. The van der Waals surface area contributed by atoms with Crippen LogP contribution in [0.1, 0.15) is 30.1 Å². The first-order valence-corrected chi connectivity index (χ1v) is 5.42. The van der Waals surface area contributed by atoms with Gasteiger partial charge in [-0.25, -0.2) is 8.78 Å². The van der Waals surface area contributed by atoms with Crippen molar-refractivity contribution in [1.82, 2.24) is 10.3 Å². The van der Waals surface area contributed by atoms with Gasteiger partial charge in [-0.1, -0.05) is 0 Å². The minimum atomic E-state index is -4.43. The van der Waals surface area contributed by atoms with E-state index in [0.29, 0.717) is 5.69 Å². The number of hydrogen-bond donors (Lipinski definition) is 1. The molecule has 1 unspecified atom stereocenters. The van der Waals surface area contributed by atoms with E-state index in [9.17, 15) is 22.0 Å². The molecule has 1 saturated heterocycles. The van der Waals surface area contributed by atoms with Gasteiger partial charge in [0.2, 0.25) is 0 Å². The third kappa shape index (κ3) is 2.95. The second kappa shape index (κ2) is 4.46. The molecule has 1 N–H and O–H groups in total. The molecule has 0 spiro atoms. The first-order valence-electron chi connectivity index (χ1n) is 5.42. The molecule has 7 heteroatoms. The summed E-state index contributed by atoms with van der Waals surface area (Å²) in [4.78, 5) is 3.69. The minimum Gasteiger partial charge on any atom is -0.303 e. The van der Waals surface area contributed by atoms with Gasteiger partial charge in [-0.15, -0.1) is 0 Å². The maximum atomic E-state index is 12.9. The summed E-state index contributed by atoms with van der Waals surface area (Å²) in [6.45, 7) is -0.472. The quantitative estimate of drug-likeness (QED) is 0.790. The molecule has 0 aliphatic carbocycles. The Hall–Kier alpha value is -1.24. The molecular formula is C11H11F5N2. The van der Waals surface area contributed by atoms with Crippen molar-refractivity contribution in [3.05, 3.63) is 29.6 Å². The van der Waals surface area contributed by atoms with Crippen molar-refractivity contribution in [3.63, 3.8) is 0 Å². The van der Waals surface area contributed by atoms with Gasteiger partial charge in [0.1, 0.15) is 0 Å². The lowest BCUT2D eigenvalue weighted by atomic mass is 9.99. The molecule has 1 aromatic rings. The summed E-state index contributed by atoms with van der Waals surface area (Å²) in [7, 11) is 0. The van der Waals surface area contributed by atoms with Crippen molar-refractivity contribution >= 4 is 0 Å². The van der Waals surface area contributed by atoms with Gasteiger partial charge in [0.05, 0.1) is 17.8 Å². The van der Waals surface area contributed by atoms with Gasteiger partial charge in [-0.2, -0.15) is 13.2 Å². The molecule has 0 saturated carbocycles. The van der Waals surface area contributed by atoms with E-state index in [1.54, 1.807) is 0 Å². The molecule has 18 heavy (non-hydrogen) atoms. The van der Waals surface area contributed by atoms with Crippen LogP contribution in [-0.4, -0.2) is 17.5 Å². The number of piperidine rings is 1. The highest BCUT2D eigenvalue weighted by Crippen LogP contribution is 2.32. The Morgan fingerprint density at radius 1 is 1.28 bits per heavy atom. The normalized spacial score (nSPS) is 23.9. The van der Waals surface area contributed by atoms with Crippen LogP contribution in [0.2, 0.25) is 0 Å². The number of nitrogens with one attached hydrogen (secondary N) is 1. The van der Waals surface area contributed by atoms with E-state index in [0.717, 1.165) is 12.3 Å². The number of pyridine rings is 1. The van der Waals surface area contributed by atoms with Crippen molar-refractivity contribution in [2.75, 3.05) is 6.54 Å². The first kappa shape index (κ1) is 13.2. The molecule has 2 nitrogen and oxygen atoms in total. The smallest absolute Gasteiger partial charge is 0.303 e. The number of rotatable bonds is 1. The van der Waals surface area contributed by atoms with E-state index in [2.05, 4.69) is 10.3 Å². The Labute approximate surface area is 100 Å². The summed E-state index contributed by atoms with van der Waals surface area (Å²) in [5.41, 5.74) is -0.481. The van der Waals surface area contributed by atoms with Gasteiger partial charge in [0.15, 0.2) is 0 Å². The Kier molecular flexibility index (Phi) is 3.27. The molecule has 1 aliphatic rings. The van der Waals surface area contributed by atoms with Crippen molar-refractivity contribution in [3.8, 4) is 0 Å². The Morgan fingerprint density at radius 2 is 2.00 bits per heavy atom. The second-order valence-electron chi connectivity index (χ2n) is 4.30. The van der Waals surface area contributed by atoms with Gasteiger partial charge >= 0.3 is 6.18 Å². The monoisotopic (exact) mass is 266 g/mol. The summed E-state index contributed by atoms with van der Waals surface area (Å²) in [5, 5.41) is 2.59. The fraction of sp³-hybridized carbons (Fsp3) is 0.545. The van der Waals surface area contributed by atoms with Gasteiger partial charge in [-0.05, 0) is 18.6 Å². The molecular weight excluding hydrogens is 255 g/mol. The van der Waals surface area contributed by atoms with E-state index in [1.165, 1.54) is 6.07 Å². The lowest BCUT2D eigenvalue weighted by Gasteiger charge is -2.29. The fourth-order valence-corrected chi connectivity index (χ4v) is 1.85.